The predicted octanol–water partition coefficient (Wildman–Crippen LogP) is 0.353. The Balaban J connectivity index is 2.18. The zero-order chi connectivity index (χ0) is 8.39. The largest absolute Gasteiger partial charge is 0.349 e. The molecule has 1 aromatic heterocycles. The summed E-state index contributed by atoms with van der Waals surface area (Å²) in [5.74, 6) is 0.426. The minimum absolute atomic E-state index is 0.225. The molecule has 0 amide bonds. The third-order valence-electron chi connectivity index (χ3n) is 2.13. The van der Waals surface area contributed by atoms with E-state index >= 15 is 0 Å². The second-order valence-electron chi connectivity index (χ2n) is 2.99. The summed E-state index contributed by atoms with van der Waals surface area (Å²) >= 11 is 0. The first-order valence-corrected chi connectivity index (χ1v) is 4.17. The van der Waals surface area contributed by atoms with Gasteiger partial charge in [-0.15, -0.1) is 0 Å². The van der Waals surface area contributed by atoms with Gasteiger partial charge in [0.15, 0.2) is 0 Å². The summed E-state index contributed by atoms with van der Waals surface area (Å²) in [6.07, 6.45) is 3.50. The van der Waals surface area contributed by atoms with Crippen molar-refractivity contribution in [1.29, 1.82) is 0 Å². The molecule has 0 aromatic carbocycles. The van der Waals surface area contributed by atoms with Gasteiger partial charge in [0.25, 0.3) is 0 Å². The molecular formula is C7H11N3O2. The number of anilines is 1. The van der Waals surface area contributed by atoms with Crippen LogP contribution >= 0.6 is 0 Å². The highest BCUT2D eigenvalue weighted by Crippen LogP contribution is 2.12. The van der Waals surface area contributed by atoms with Crippen molar-refractivity contribution in [3.8, 4) is 0 Å². The summed E-state index contributed by atoms with van der Waals surface area (Å²) in [7, 11) is 0. The Hall–Kier alpha value is -1.26. The minimum atomic E-state index is -0.225. The number of aromatic nitrogens is 2. The zero-order valence-corrected chi connectivity index (χ0v) is 6.75. The molecule has 0 spiro atoms. The van der Waals surface area contributed by atoms with Crippen molar-refractivity contribution in [3.05, 3.63) is 10.4 Å². The fourth-order valence-corrected chi connectivity index (χ4v) is 1.50. The fraction of sp³-hybridized carbons (Fsp3) is 0.714. The predicted molar refractivity (Wildman–Crippen MR) is 43.2 cm³/mol. The quantitative estimate of drug-likeness (QED) is 0.659. The lowest BCUT2D eigenvalue weighted by Gasteiger charge is -2.24. The Bertz CT molecular complexity index is 298. The van der Waals surface area contributed by atoms with Gasteiger partial charge in [-0.25, -0.2) is 0 Å². The molecule has 1 N–H and O–H groups in total. The van der Waals surface area contributed by atoms with Crippen LogP contribution in [0.15, 0.2) is 9.42 Å². The molecule has 0 saturated carbocycles. The molecule has 1 fully saturated rings. The van der Waals surface area contributed by atoms with E-state index in [-0.39, 0.29) is 5.56 Å². The average molecular weight is 169 g/mol. The van der Waals surface area contributed by atoms with E-state index in [1.54, 1.807) is 0 Å². The maximum Gasteiger partial charge on any atom is 0.325 e. The maximum atomic E-state index is 11.1. The first-order chi connectivity index (χ1) is 5.88. The van der Waals surface area contributed by atoms with E-state index in [2.05, 4.69) is 14.9 Å². The lowest BCUT2D eigenvalue weighted by Crippen LogP contribution is -2.33. The number of hydrogen-bond acceptors (Lipinski definition) is 4. The second kappa shape index (κ2) is 3.00. The lowest BCUT2D eigenvalue weighted by atomic mass is 10.1. The van der Waals surface area contributed by atoms with Gasteiger partial charge in [0, 0.05) is 13.1 Å². The van der Waals surface area contributed by atoms with Crippen LogP contribution in [0.2, 0.25) is 0 Å². The number of H-pyrrole nitrogens is 1. The Morgan fingerprint density at radius 2 is 2.08 bits per heavy atom. The normalized spacial score (nSPS) is 18.2. The van der Waals surface area contributed by atoms with E-state index in [0.29, 0.717) is 5.82 Å². The van der Waals surface area contributed by atoms with Gasteiger partial charge in [-0.05, 0) is 24.4 Å². The molecule has 1 aliphatic rings. The van der Waals surface area contributed by atoms with E-state index < -0.39 is 0 Å². The van der Waals surface area contributed by atoms with E-state index in [1.807, 2.05) is 4.90 Å². The van der Waals surface area contributed by atoms with Gasteiger partial charge in [0.1, 0.15) is 0 Å². The highest BCUT2D eigenvalue weighted by Gasteiger charge is 2.16. The van der Waals surface area contributed by atoms with E-state index in [9.17, 15) is 4.79 Å². The monoisotopic (exact) mass is 169 g/mol. The molecule has 5 heteroatoms. The van der Waals surface area contributed by atoms with Crippen LogP contribution in [0.5, 0.6) is 0 Å². The van der Waals surface area contributed by atoms with Crippen molar-refractivity contribution in [3.63, 3.8) is 0 Å². The number of piperidine rings is 1. The molecule has 5 nitrogen and oxygen atoms in total. The topological polar surface area (TPSA) is 62.1 Å². The van der Waals surface area contributed by atoms with Crippen LogP contribution in [0, 0.1) is 0 Å². The molecule has 2 heterocycles. The molecule has 0 unspecified atom stereocenters. The molecule has 1 aliphatic heterocycles. The van der Waals surface area contributed by atoms with E-state index in [4.69, 9.17) is 0 Å². The third-order valence-corrected chi connectivity index (χ3v) is 2.13. The van der Waals surface area contributed by atoms with Gasteiger partial charge < -0.3 is 4.90 Å². The fourth-order valence-electron chi connectivity index (χ4n) is 1.50. The molecule has 0 bridgehead atoms. The Morgan fingerprint density at radius 3 is 2.67 bits per heavy atom. The Labute approximate surface area is 69.3 Å². The molecule has 1 aromatic rings. The minimum Gasteiger partial charge on any atom is -0.349 e. The molecule has 66 valence electrons. The average Bonchev–Trinajstić information content (AvgIpc) is 2.53. The van der Waals surface area contributed by atoms with Crippen LogP contribution in [-0.2, 0) is 0 Å². The smallest absolute Gasteiger partial charge is 0.325 e. The SMILES string of the molecule is O=c1[nH]onc1N1CCCCC1. The van der Waals surface area contributed by atoms with Crippen LogP contribution in [0.25, 0.3) is 0 Å². The van der Waals surface area contributed by atoms with Gasteiger partial charge >= 0.3 is 5.56 Å². The molecule has 0 aliphatic carbocycles. The maximum absolute atomic E-state index is 11.1. The van der Waals surface area contributed by atoms with Crippen LogP contribution in [0.4, 0.5) is 5.82 Å². The van der Waals surface area contributed by atoms with Crippen LogP contribution < -0.4 is 10.5 Å². The molecule has 1 saturated heterocycles. The standard InChI is InChI=1S/C7H11N3O2/c11-7-6(8-12-9-7)10-4-2-1-3-5-10/h1-5H2,(H,9,11). The van der Waals surface area contributed by atoms with Gasteiger partial charge in [0.05, 0.1) is 0 Å². The number of rotatable bonds is 1. The number of nitrogens with one attached hydrogen (secondary N) is 1. The summed E-state index contributed by atoms with van der Waals surface area (Å²) in [6.45, 7) is 1.82. The lowest BCUT2D eigenvalue weighted by molar-refractivity contribution is 0.303. The van der Waals surface area contributed by atoms with Crippen molar-refractivity contribution >= 4 is 5.82 Å². The summed E-state index contributed by atoms with van der Waals surface area (Å²) in [6, 6.07) is 0. The number of nitrogens with zero attached hydrogens (tertiary/aromatic N) is 2. The number of aromatic amines is 1. The second-order valence-corrected chi connectivity index (χ2v) is 2.99. The third kappa shape index (κ3) is 1.22. The van der Waals surface area contributed by atoms with Gasteiger partial charge in [-0.3, -0.25) is 9.42 Å². The molecule has 0 radical (unpaired) electrons. The number of hydrogen-bond donors (Lipinski definition) is 1. The molecule has 12 heavy (non-hydrogen) atoms. The highest BCUT2D eigenvalue weighted by atomic mass is 16.6. The highest BCUT2D eigenvalue weighted by molar-refractivity contribution is 5.33. The van der Waals surface area contributed by atoms with Gasteiger partial charge in [-0.2, -0.15) is 5.16 Å². The van der Waals surface area contributed by atoms with E-state index in [0.717, 1.165) is 25.9 Å². The van der Waals surface area contributed by atoms with E-state index in [1.165, 1.54) is 6.42 Å². The van der Waals surface area contributed by atoms with Gasteiger partial charge in [-0.1, -0.05) is 0 Å². The summed E-state index contributed by atoms with van der Waals surface area (Å²) in [5.41, 5.74) is -0.225. The molecular weight excluding hydrogens is 158 g/mol. The zero-order valence-electron chi connectivity index (χ0n) is 6.75. The summed E-state index contributed by atoms with van der Waals surface area (Å²) in [5, 5.41) is 5.80. The molecule has 0 atom stereocenters. The Kier molecular flexibility index (Phi) is 1.85. The molecule has 2 rings (SSSR count). The van der Waals surface area contributed by atoms with Crippen molar-refractivity contribution in [2.75, 3.05) is 18.0 Å². The van der Waals surface area contributed by atoms with Crippen LogP contribution in [0.1, 0.15) is 19.3 Å². The first kappa shape index (κ1) is 7.39. The van der Waals surface area contributed by atoms with Crippen molar-refractivity contribution in [2.45, 2.75) is 19.3 Å². The summed E-state index contributed by atoms with van der Waals surface area (Å²) in [4.78, 5) is 13.0. The van der Waals surface area contributed by atoms with Crippen LogP contribution in [-0.4, -0.2) is 23.4 Å². The van der Waals surface area contributed by atoms with Crippen molar-refractivity contribution < 1.29 is 4.63 Å². The first-order valence-electron chi connectivity index (χ1n) is 4.17. The van der Waals surface area contributed by atoms with Crippen molar-refractivity contribution in [1.82, 2.24) is 10.3 Å². The summed E-state index contributed by atoms with van der Waals surface area (Å²) < 4.78 is 4.47. The van der Waals surface area contributed by atoms with Crippen LogP contribution in [0.3, 0.4) is 0 Å². The Morgan fingerprint density at radius 1 is 1.33 bits per heavy atom. The van der Waals surface area contributed by atoms with Crippen molar-refractivity contribution in [2.24, 2.45) is 0 Å². The van der Waals surface area contributed by atoms with Gasteiger partial charge in [0.2, 0.25) is 5.82 Å².